The summed E-state index contributed by atoms with van der Waals surface area (Å²) in [4.78, 5) is 13.0. The van der Waals surface area contributed by atoms with Crippen LogP contribution in [-0.4, -0.2) is 22.8 Å². The molecule has 0 fully saturated rings. The molecule has 160 valence electrons. The van der Waals surface area contributed by atoms with Crippen LogP contribution in [0.3, 0.4) is 0 Å². The Kier molecular flexibility index (Phi) is 8.61. The van der Waals surface area contributed by atoms with Gasteiger partial charge in [-0.15, -0.1) is 0 Å². The molecule has 0 aromatic heterocycles. The normalized spacial score (nSPS) is 10.4. The quantitative estimate of drug-likeness (QED) is 0.307. The van der Waals surface area contributed by atoms with Crippen LogP contribution in [-0.2, 0) is 17.8 Å². The number of hydrazine groups is 1. The van der Waals surface area contributed by atoms with E-state index in [0.29, 0.717) is 19.6 Å². The van der Waals surface area contributed by atoms with Crippen LogP contribution in [0.25, 0.3) is 0 Å². The third-order valence-electron chi connectivity index (χ3n) is 4.87. The Morgan fingerprint density at radius 2 is 1.68 bits per heavy atom. The molecule has 0 saturated carbocycles. The summed E-state index contributed by atoms with van der Waals surface area (Å²) < 4.78 is 5.83. The highest BCUT2D eigenvalue weighted by molar-refractivity contribution is 7.79. The van der Waals surface area contributed by atoms with Crippen molar-refractivity contribution in [2.45, 2.75) is 32.8 Å². The van der Waals surface area contributed by atoms with Crippen molar-refractivity contribution < 1.29 is 9.53 Å². The summed E-state index contributed by atoms with van der Waals surface area (Å²) in [6, 6.07) is 25.5. The van der Waals surface area contributed by atoms with Crippen molar-refractivity contribution in [2.75, 3.05) is 12.0 Å². The minimum absolute atomic E-state index is 0.0327. The van der Waals surface area contributed by atoms with Crippen molar-refractivity contribution in [1.29, 1.82) is 0 Å². The van der Waals surface area contributed by atoms with Crippen LogP contribution < -0.4 is 10.2 Å². The van der Waals surface area contributed by atoms with E-state index in [0.717, 1.165) is 41.0 Å². The Labute approximate surface area is 189 Å². The van der Waals surface area contributed by atoms with Crippen LogP contribution in [0.15, 0.2) is 78.9 Å². The van der Waals surface area contributed by atoms with Crippen LogP contribution in [0.1, 0.15) is 36.5 Å². The molecule has 0 aliphatic heterocycles. The Balaban J connectivity index is 1.58. The smallest absolute Gasteiger partial charge is 0.245 e. The molecule has 4 nitrogen and oxygen atoms in total. The summed E-state index contributed by atoms with van der Waals surface area (Å²) in [5, 5.41) is 3.34. The molecule has 0 spiro atoms. The Hall–Kier alpha value is -3.18. The number of hydrogen-bond acceptors (Lipinski definition) is 4. The first kappa shape index (κ1) is 22.5. The van der Waals surface area contributed by atoms with Gasteiger partial charge in [-0.25, -0.2) is 0 Å². The zero-order chi connectivity index (χ0) is 21.9. The molecule has 3 aromatic rings. The van der Waals surface area contributed by atoms with Gasteiger partial charge in [-0.3, -0.25) is 15.2 Å². The molecule has 1 N–H and O–H groups in total. The van der Waals surface area contributed by atoms with Gasteiger partial charge in [0.15, 0.2) is 0 Å². The van der Waals surface area contributed by atoms with Crippen LogP contribution in [0, 0.1) is 0 Å². The highest BCUT2D eigenvalue weighted by Gasteiger charge is 2.14. The molecule has 0 aliphatic rings. The van der Waals surface area contributed by atoms with Crippen LogP contribution in [0.5, 0.6) is 5.75 Å². The van der Waals surface area contributed by atoms with E-state index < -0.39 is 0 Å². The lowest BCUT2D eigenvalue weighted by molar-refractivity contribution is -0.129. The molecule has 0 heterocycles. The second-order valence-corrected chi connectivity index (χ2v) is 7.58. The summed E-state index contributed by atoms with van der Waals surface area (Å²) in [5.74, 6) is 0.824. The number of benzene rings is 3. The molecule has 0 aliphatic carbocycles. The fraction of sp³-hybridized carbons (Fsp3) is 0.231. The fourth-order valence-electron chi connectivity index (χ4n) is 3.07. The summed E-state index contributed by atoms with van der Waals surface area (Å²) in [7, 11) is 0. The zero-order valence-corrected chi connectivity index (χ0v) is 18.6. The second kappa shape index (κ2) is 11.9. The van der Waals surface area contributed by atoms with Gasteiger partial charge in [-0.2, -0.15) is 0 Å². The first-order chi connectivity index (χ1) is 15.2. The first-order valence-corrected chi connectivity index (χ1v) is 11.0. The molecule has 0 radical (unpaired) electrons. The number of amides is 1. The molecule has 0 unspecified atom stereocenters. The van der Waals surface area contributed by atoms with Gasteiger partial charge in [0, 0.05) is 11.9 Å². The fourth-order valence-corrected chi connectivity index (χ4v) is 3.22. The van der Waals surface area contributed by atoms with Crippen molar-refractivity contribution in [3.05, 3.63) is 95.6 Å². The van der Waals surface area contributed by atoms with Crippen molar-refractivity contribution in [2.24, 2.45) is 0 Å². The van der Waals surface area contributed by atoms with Gasteiger partial charge >= 0.3 is 0 Å². The van der Waals surface area contributed by atoms with Gasteiger partial charge in [0.1, 0.15) is 12.4 Å². The molecule has 3 rings (SSSR count). The van der Waals surface area contributed by atoms with Crippen LogP contribution in [0.2, 0.25) is 0 Å². The Morgan fingerprint density at radius 1 is 0.968 bits per heavy atom. The maximum absolute atomic E-state index is 13.0. The maximum Gasteiger partial charge on any atom is 0.245 e. The molecule has 0 bridgehead atoms. The summed E-state index contributed by atoms with van der Waals surface area (Å²) in [6.07, 6.45) is 2.28. The van der Waals surface area contributed by atoms with Gasteiger partial charge in [-0.05, 0) is 47.4 Å². The van der Waals surface area contributed by atoms with Gasteiger partial charge < -0.3 is 4.74 Å². The van der Waals surface area contributed by atoms with Crippen LogP contribution in [0.4, 0.5) is 5.69 Å². The Morgan fingerprint density at radius 3 is 2.32 bits per heavy atom. The number of unbranched alkanes of at least 4 members (excludes halogenated alkanes) is 1. The monoisotopic (exact) mass is 432 g/mol. The van der Waals surface area contributed by atoms with E-state index in [1.54, 1.807) is 10.4 Å². The average Bonchev–Trinajstić information content (AvgIpc) is 2.82. The van der Waals surface area contributed by atoms with Crippen LogP contribution >= 0.6 is 12.2 Å². The van der Waals surface area contributed by atoms with E-state index in [9.17, 15) is 4.79 Å². The summed E-state index contributed by atoms with van der Waals surface area (Å²) in [5.41, 5.74) is 7.17. The van der Waals surface area contributed by atoms with Crippen molar-refractivity contribution in [3.8, 4) is 5.75 Å². The van der Waals surface area contributed by atoms with E-state index in [4.69, 9.17) is 17.0 Å². The lowest BCUT2D eigenvalue weighted by atomic mass is 10.1. The molecule has 0 saturated heterocycles. The van der Waals surface area contributed by atoms with E-state index in [-0.39, 0.29) is 5.91 Å². The molecular formula is C26H28N2O2S. The number of nitrogens with one attached hydrogen (secondary N) is 1. The predicted octanol–water partition coefficient (Wildman–Crippen LogP) is 5.81. The number of carbonyl (C=O) groups is 1. The lowest BCUT2D eigenvalue weighted by Gasteiger charge is -2.24. The highest BCUT2D eigenvalue weighted by atomic mass is 32.1. The van der Waals surface area contributed by atoms with E-state index in [1.165, 1.54) is 0 Å². The number of rotatable bonds is 11. The minimum atomic E-state index is 0.0327. The van der Waals surface area contributed by atoms with Gasteiger partial charge in [0.05, 0.1) is 12.1 Å². The molecule has 1 amide bonds. The molecule has 31 heavy (non-hydrogen) atoms. The second-order valence-electron chi connectivity index (χ2n) is 7.35. The molecule has 5 heteroatoms. The van der Waals surface area contributed by atoms with E-state index in [2.05, 4.69) is 12.3 Å². The maximum atomic E-state index is 13.0. The third kappa shape index (κ3) is 7.23. The van der Waals surface area contributed by atoms with Crippen molar-refractivity contribution in [3.63, 3.8) is 0 Å². The van der Waals surface area contributed by atoms with E-state index >= 15 is 0 Å². The third-order valence-corrected chi connectivity index (χ3v) is 5.15. The zero-order valence-electron chi connectivity index (χ0n) is 17.8. The topological polar surface area (TPSA) is 41.6 Å². The lowest BCUT2D eigenvalue weighted by Crippen LogP contribution is -2.38. The van der Waals surface area contributed by atoms with Gasteiger partial charge in [0.25, 0.3) is 0 Å². The van der Waals surface area contributed by atoms with Crippen molar-refractivity contribution >= 4 is 29.2 Å². The number of hydrogen-bond donors (Lipinski definition) is 1. The molecule has 0 atom stereocenters. The number of anilines is 1. The summed E-state index contributed by atoms with van der Waals surface area (Å²) >= 11 is 4.95. The summed E-state index contributed by atoms with van der Waals surface area (Å²) in [6.45, 7) is 3.30. The Bertz CT molecular complexity index is 957. The average molecular weight is 433 g/mol. The molecular weight excluding hydrogens is 404 g/mol. The highest BCUT2D eigenvalue weighted by Crippen LogP contribution is 2.16. The van der Waals surface area contributed by atoms with Crippen molar-refractivity contribution in [1.82, 2.24) is 5.01 Å². The minimum Gasteiger partial charge on any atom is -0.489 e. The van der Waals surface area contributed by atoms with Gasteiger partial charge in [-0.1, -0.05) is 80.2 Å². The van der Waals surface area contributed by atoms with E-state index in [1.807, 2.05) is 78.9 Å². The number of thiocarbonyl (C=S) groups is 1. The number of nitrogens with zero attached hydrogens (tertiary/aromatic N) is 1. The largest absolute Gasteiger partial charge is 0.489 e. The SMILES string of the molecule is CCCCN(Nc1ccc(C=S)cc1)C(=O)Cc1ccc(OCc2ccccc2)cc1. The number of carbonyl (C=O) groups excluding carboxylic acids is 1. The molecule has 3 aromatic carbocycles. The first-order valence-electron chi connectivity index (χ1n) is 10.6. The standard InChI is InChI=1S/C26H28N2O2S/c1-2-3-17-28(27-24-13-9-23(20-31)10-14-24)26(29)18-21-11-15-25(16-12-21)30-19-22-7-5-4-6-8-22/h4-16,20,27H,2-3,17-19H2,1H3. The van der Waals surface area contributed by atoms with Gasteiger partial charge in [0.2, 0.25) is 5.91 Å². The number of ether oxygens (including phenoxy) is 1. The predicted molar refractivity (Wildman–Crippen MR) is 130 cm³/mol.